The number of fused-ring (bicyclic) bond motifs is 3. The quantitative estimate of drug-likeness (QED) is 0.702. The van der Waals surface area contributed by atoms with Crippen LogP contribution < -0.4 is 0 Å². The van der Waals surface area contributed by atoms with E-state index in [0.717, 1.165) is 11.1 Å². The fourth-order valence-corrected chi connectivity index (χ4v) is 5.27. The molecule has 2 aromatic carbocycles. The van der Waals surface area contributed by atoms with Crippen LogP contribution >= 0.6 is 0 Å². The van der Waals surface area contributed by atoms with E-state index in [1.807, 2.05) is 30.3 Å². The van der Waals surface area contributed by atoms with Gasteiger partial charge in [0.25, 0.3) is 0 Å². The van der Waals surface area contributed by atoms with E-state index in [1.165, 1.54) is 0 Å². The van der Waals surface area contributed by atoms with Crippen molar-refractivity contribution in [2.45, 2.75) is 18.0 Å². The third kappa shape index (κ3) is 2.27. The molecule has 0 saturated carbocycles. The summed E-state index contributed by atoms with van der Waals surface area (Å²) in [5.41, 5.74) is 3.41. The molecule has 5 rings (SSSR count). The van der Waals surface area contributed by atoms with Gasteiger partial charge in [-0.3, -0.25) is 9.59 Å². The lowest BCUT2D eigenvalue weighted by molar-refractivity contribution is 0.0815. The highest BCUT2D eigenvalue weighted by Gasteiger charge is 2.47. The highest BCUT2D eigenvalue weighted by Crippen LogP contribution is 2.61. The lowest BCUT2D eigenvalue weighted by Gasteiger charge is -2.40. The van der Waals surface area contributed by atoms with Crippen molar-refractivity contribution in [3.8, 4) is 35.4 Å². The van der Waals surface area contributed by atoms with Crippen molar-refractivity contribution in [3.63, 3.8) is 0 Å². The maximum Gasteiger partial charge on any atom is 0.234 e. The molecule has 0 aromatic heterocycles. The molecule has 146 valence electrons. The Kier molecular flexibility index (Phi) is 3.99. The van der Waals surface area contributed by atoms with Gasteiger partial charge in [-0.1, -0.05) is 42.0 Å². The van der Waals surface area contributed by atoms with Gasteiger partial charge in [0.15, 0.2) is 0 Å². The number of carbonyl (C=O) groups is 2. The summed E-state index contributed by atoms with van der Waals surface area (Å²) in [6, 6.07) is 16.9. The molecular formula is C24H12N5O2-. The molecule has 7 heteroatoms. The van der Waals surface area contributed by atoms with Crippen LogP contribution in [-0.4, -0.2) is 17.6 Å². The van der Waals surface area contributed by atoms with E-state index in [-0.39, 0.29) is 0 Å². The summed E-state index contributed by atoms with van der Waals surface area (Å²) >= 11 is 0. The molecule has 5 unspecified atom stereocenters. The zero-order valence-electron chi connectivity index (χ0n) is 16.0. The zero-order chi connectivity index (χ0) is 21.9. The molecule has 0 radical (unpaired) electrons. The molecule has 1 fully saturated rings. The number of Topliss-reactive ketones (excluding diaryl/α,β-unsaturated/α-hetero) is 2. The smallest absolute Gasteiger partial charge is 0.234 e. The SMILES string of the molecule is N#CC(C#N)C(C#N)C1[N-]C2c3cccc4c3-c3c(cccc3C2C1C#N)C(=O)C4=O. The number of carbonyl (C=O) groups excluding carboxylic acids is 2. The number of benzene rings is 2. The lowest BCUT2D eigenvalue weighted by Crippen LogP contribution is -2.30. The molecule has 0 N–H and O–H groups in total. The Balaban J connectivity index is 1.76. The van der Waals surface area contributed by atoms with E-state index in [4.69, 9.17) is 5.32 Å². The van der Waals surface area contributed by atoms with Crippen molar-refractivity contribution >= 4 is 11.6 Å². The summed E-state index contributed by atoms with van der Waals surface area (Å²) in [6.07, 6.45) is 0. The minimum Gasteiger partial charge on any atom is -0.650 e. The van der Waals surface area contributed by atoms with Crippen LogP contribution in [-0.2, 0) is 0 Å². The summed E-state index contributed by atoms with van der Waals surface area (Å²) in [5, 5.41) is 43.2. The fourth-order valence-electron chi connectivity index (χ4n) is 5.27. The number of ketones is 2. The van der Waals surface area contributed by atoms with Crippen molar-refractivity contribution in [3.05, 3.63) is 64.0 Å². The average Bonchev–Trinajstić information content (AvgIpc) is 3.19. The minimum atomic E-state index is -1.22. The molecule has 3 aliphatic rings. The molecule has 2 aromatic rings. The monoisotopic (exact) mass is 402 g/mol. The molecule has 31 heavy (non-hydrogen) atoms. The predicted octanol–water partition coefficient (Wildman–Crippen LogP) is 3.57. The minimum absolute atomic E-state index is 0.310. The second kappa shape index (κ2) is 6.61. The first-order chi connectivity index (χ1) is 15.1. The maximum atomic E-state index is 12.7. The van der Waals surface area contributed by atoms with E-state index in [9.17, 15) is 30.6 Å². The van der Waals surface area contributed by atoms with Crippen LogP contribution in [0, 0.1) is 63.1 Å². The van der Waals surface area contributed by atoms with E-state index in [1.54, 1.807) is 24.3 Å². The molecule has 2 aliphatic carbocycles. The van der Waals surface area contributed by atoms with E-state index in [2.05, 4.69) is 6.07 Å². The molecular weight excluding hydrogens is 390 g/mol. The molecule has 1 heterocycles. The van der Waals surface area contributed by atoms with Gasteiger partial charge in [0.05, 0.1) is 30.2 Å². The van der Waals surface area contributed by atoms with Gasteiger partial charge in [0, 0.05) is 17.0 Å². The van der Waals surface area contributed by atoms with Gasteiger partial charge in [-0.05, 0) is 22.6 Å². The largest absolute Gasteiger partial charge is 0.650 e. The summed E-state index contributed by atoms with van der Waals surface area (Å²) in [4.78, 5) is 25.5. The topological polar surface area (TPSA) is 143 Å². The van der Waals surface area contributed by atoms with Crippen LogP contribution in [0.4, 0.5) is 0 Å². The average molecular weight is 402 g/mol. The molecule has 5 atom stereocenters. The third-order valence-corrected chi connectivity index (χ3v) is 6.55. The number of hydrogen-bond donors (Lipinski definition) is 0. The molecule has 0 spiro atoms. The Labute approximate surface area is 177 Å². The predicted molar refractivity (Wildman–Crippen MR) is 106 cm³/mol. The van der Waals surface area contributed by atoms with Crippen LogP contribution in [0.5, 0.6) is 0 Å². The van der Waals surface area contributed by atoms with Crippen molar-refractivity contribution in [1.29, 1.82) is 21.0 Å². The molecule has 0 bridgehead atoms. The Morgan fingerprint density at radius 3 is 1.94 bits per heavy atom. The maximum absolute atomic E-state index is 12.7. The number of hydrogen-bond acceptors (Lipinski definition) is 6. The highest BCUT2D eigenvalue weighted by molar-refractivity contribution is 6.53. The Morgan fingerprint density at radius 1 is 0.806 bits per heavy atom. The van der Waals surface area contributed by atoms with Gasteiger partial charge in [-0.2, -0.15) is 21.0 Å². The van der Waals surface area contributed by atoms with Gasteiger partial charge in [0.1, 0.15) is 5.92 Å². The van der Waals surface area contributed by atoms with E-state index < -0.39 is 47.3 Å². The summed E-state index contributed by atoms with van der Waals surface area (Å²) in [6.45, 7) is 0. The van der Waals surface area contributed by atoms with Crippen molar-refractivity contribution in [1.82, 2.24) is 0 Å². The Morgan fingerprint density at radius 2 is 1.39 bits per heavy atom. The van der Waals surface area contributed by atoms with Crippen molar-refractivity contribution < 1.29 is 9.59 Å². The third-order valence-electron chi connectivity index (χ3n) is 6.55. The number of nitriles is 4. The summed E-state index contributed by atoms with van der Waals surface area (Å²) in [5.74, 6) is -4.63. The molecule has 0 amide bonds. The Bertz CT molecular complexity index is 1340. The first-order valence-electron chi connectivity index (χ1n) is 9.71. The van der Waals surface area contributed by atoms with Gasteiger partial charge in [0.2, 0.25) is 11.6 Å². The second-order valence-electron chi connectivity index (χ2n) is 7.85. The van der Waals surface area contributed by atoms with Gasteiger partial charge in [-0.15, -0.1) is 12.1 Å². The highest BCUT2D eigenvalue weighted by atomic mass is 16.2. The lowest BCUT2D eigenvalue weighted by atomic mass is 9.66. The zero-order valence-corrected chi connectivity index (χ0v) is 16.0. The summed E-state index contributed by atoms with van der Waals surface area (Å²) < 4.78 is 0. The molecule has 7 nitrogen and oxygen atoms in total. The molecule has 1 aliphatic heterocycles. The summed E-state index contributed by atoms with van der Waals surface area (Å²) in [7, 11) is 0. The fraction of sp³-hybridized carbons (Fsp3) is 0.250. The van der Waals surface area contributed by atoms with E-state index >= 15 is 0 Å². The standard InChI is InChI=1S/C24H12N5O2/c25-7-11(8-26)16(9-27)21-17(10-28)20-12-3-1-5-14-18(12)19-13(22(20)29-21)4-2-6-15(19)24(31)23(14)30/h1-6,11,16-17,20-22H/q-1. The van der Waals surface area contributed by atoms with Gasteiger partial charge >= 0.3 is 0 Å². The van der Waals surface area contributed by atoms with E-state index in [0.29, 0.717) is 22.3 Å². The first kappa shape index (κ1) is 18.7. The van der Waals surface area contributed by atoms with Crippen LogP contribution in [0.2, 0.25) is 0 Å². The van der Waals surface area contributed by atoms with Crippen LogP contribution in [0.1, 0.15) is 43.8 Å². The van der Waals surface area contributed by atoms with Gasteiger partial charge in [-0.25, -0.2) is 0 Å². The van der Waals surface area contributed by atoms with Crippen molar-refractivity contribution in [2.24, 2.45) is 17.8 Å². The number of rotatable bonds is 2. The van der Waals surface area contributed by atoms with Crippen LogP contribution in [0.25, 0.3) is 16.4 Å². The van der Waals surface area contributed by atoms with Gasteiger partial charge < -0.3 is 5.32 Å². The molecule has 1 saturated heterocycles. The second-order valence-corrected chi connectivity index (χ2v) is 7.85. The van der Waals surface area contributed by atoms with Crippen LogP contribution in [0.3, 0.4) is 0 Å². The Hall–Kier alpha value is -4.30. The first-order valence-corrected chi connectivity index (χ1v) is 9.71. The van der Waals surface area contributed by atoms with Crippen LogP contribution in [0.15, 0.2) is 36.4 Å². The van der Waals surface area contributed by atoms with Crippen molar-refractivity contribution in [2.75, 3.05) is 0 Å². The number of nitrogens with zero attached hydrogens (tertiary/aromatic N) is 5. The normalized spacial score (nSPS) is 25.5.